The van der Waals surface area contributed by atoms with Crippen LogP contribution in [0.3, 0.4) is 0 Å². The smallest absolute Gasteiger partial charge is 0.142 e. The van der Waals surface area contributed by atoms with Crippen LogP contribution in [0, 0.1) is 0 Å². The Morgan fingerprint density at radius 2 is 1.75 bits per heavy atom. The molecular weight excluding hydrogens is 252 g/mol. The monoisotopic (exact) mass is 278 g/mol. The Hall–Kier alpha value is -1.26. The molecule has 0 saturated carbocycles. The van der Waals surface area contributed by atoms with Gasteiger partial charge in [0.2, 0.25) is 0 Å². The van der Waals surface area contributed by atoms with Crippen LogP contribution < -0.4 is 9.64 Å². The van der Waals surface area contributed by atoms with E-state index in [9.17, 15) is 0 Å². The fourth-order valence-electron chi connectivity index (χ4n) is 2.55. The van der Waals surface area contributed by atoms with Gasteiger partial charge < -0.3 is 14.4 Å². The molecule has 0 atom stereocenters. The summed E-state index contributed by atoms with van der Waals surface area (Å²) >= 11 is 0. The Morgan fingerprint density at radius 1 is 1.00 bits per heavy atom. The van der Waals surface area contributed by atoms with Crippen molar-refractivity contribution in [1.29, 1.82) is 0 Å². The first-order valence-electron chi connectivity index (χ1n) is 7.62. The summed E-state index contributed by atoms with van der Waals surface area (Å²) in [6.07, 6.45) is 0. The number of para-hydroxylation sites is 2. The SMILES string of the molecule is CCOCCN1CCN(c2ccccc2OCC)CC1. The van der Waals surface area contributed by atoms with E-state index in [0.29, 0.717) is 6.61 Å². The average Bonchev–Trinajstić information content (AvgIpc) is 2.49. The summed E-state index contributed by atoms with van der Waals surface area (Å²) in [4.78, 5) is 4.89. The Bertz CT molecular complexity index is 390. The van der Waals surface area contributed by atoms with Gasteiger partial charge in [0.1, 0.15) is 5.75 Å². The second-order valence-electron chi connectivity index (χ2n) is 4.93. The summed E-state index contributed by atoms with van der Waals surface area (Å²) in [6, 6.07) is 8.33. The van der Waals surface area contributed by atoms with Crippen molar-refractivity contribution in [3.05, 3.63) is 24.3 Å². The Kier molecular flexibility index (Phi) is 6.15. The van der Waals surface area contributed by atoms with Crippen LogP contribution in [0.2, 0.25) is 0 Å². The molecule has 1 aliphatic heterocycles. The van der Waals surface area contributed by atoms with Crippen LogP contribution in [0.4, 0.5) is 5.69 Å². The van der Waals surface area contributed by atoms with Gasteiger partial charge in [-0.15, -0.1) is 0 Å². The van der Waals surface area contributed by atoms with Gasteiger partial charge in [-0.2, -0.15) is 0 Å². The summed E-state index contributed by atoms with van der Waals surface area (Å²) in [5, 5.41) is 0. The molecule has 20 heavy (non-hydrogen) atoms. The molecule has 1 saturated heterocycles. The second-order valence-corrected chi connectivity index (χ2v) is 4.93. The quantitative estimate of drug-likeness (QED) is 0.714. The number of hydrogen-bond donors (Lipinski definition) is 0. The zero-order valence-electron chi connectivity index (χ0n) is 12.7. The number of rotatable bonds is 7. The lowest BCUT2D eigenvalue weighted by molar-refractivity contribution is 0.111. The van der Waals surface area contributed by atoms with Crippen LogP contribution in [-0.2, 0) is 4.74 Å². The van der Waals surface area contributed by atoms with Gasteiger partial charge in [0, 0.05) is 39.3 Å². The minimum atomic E-state index is 0.714. The number of ether oxygens (including phenoxy) is 2. The van der Waals surface area contributed by atoms with Crippen LogP contribution in [0.15, 0.2) is 24.3 Å². The van der Waals surface area contributed by atoms with E-state index in [1.54, 1.807) is 0 Å². The van der Waals surface area contributed by atoms with E-state index < -0.39 is 0 Å². The molecule has 0 aliphatic carbocycles. The molecule has 0 amide bonds. The molecule has 4 nitrogen and oxygen atoms in total. The van der Waals surface area contributed by atoms with Crippen LogP contribution >= 0.6 is 0 Å². The van der Waals surface area contributed by atoms with Gasteiger partial charge in [-0.25, -0.2) is 0 Å². The third-order valence-corrected chi connectivity index (χ3v) is 3.63. The molecule has 0 radical (unpaired) electrons. The summed E-state index contributed by atoms with van der Waals surface area (Å²) in [5.74, 6) is 0.998. The minimum Gasteiger partial charge on any atom is -0.492 e. The summed E-state index contributed by atoms with van der Waals surface area (Å²) in [7, 11) is 0. The van der Waals surface area contributed by atoms with Crippen molar-refractivity contribution < 1.29 is 9.47 Å². The van der Waals surface area contributed by atoms with Gasteiger partial charge in [-0.1, -0.05) is 12.1 Å². The van der Waals surface area contributed by atoms with Gasteiger partial charge in [0.05, 0.1) is 18.9 Å². The van der Waals surface area contributed by atoms with Crippen molar-refractivity contribution in [3.8, 4) is 5.75 Å². The van der Waals surface area contributed by atoms with E-state index in [1.165, 1.54) is 5.69 Å². The van der Waals surface area contributed by atoms with E-state index in [4.69, 9.17) is 9.47 Å². The first kappa shape index (κ1) is 15.1. The highest BCUT2D eigenvalue weighted by Gasteiger charge is 2.19. The number of anilines is 1. The maximum atomic E-state index is 5.72. The number of benzene rings is 1. The van der Waals surface area contributed by atoms with Gasteiger partial charge in [-0.3, -0.25) is 4.90 Å². The predicted molar refractivity (Wildman–Crippen MR) is 82.8 cm³/mol. The third kappa shape index (κ3) is 4.12. The number of piperazine rings is 1. The molecule has 4 heteroatoms. The molecule has 112 valence electrons. The van der Waals surface area contributed by atoms with Gasteiger partial charge in [0.25, 0.3) is 0 Å². The highest BCUT2D eigenvalue weighted by atomic mass is 16.5. The Labute approximate surface area is 122 Å². The molecule has 1 aromatic carbocycles. The zero-order chi connectivity index (χ0) is 14.2. The molecule has 0 spiro atoms. The maximum absolute atomic E-state index is 5.72. The minimum absolute atomic E-state index is 0.714. The fraction of sp³-hybridized carbons (Fsp3) is 0.625. The Balaban J connectivity index is 1.87. The van der Waals surface area contributed by atoms with Crippen molar-refractivity contribution in [2.24, 2.45) is 0 Å². The lowest BCUT2D eigenvalue weighted by atomic mass is 10.2. The van der Waals surface area contributed by atoms with Gasteiger partial charge in [-0.05, 0) is 26.0 Å². The largest absolute Gasteiger partial charge is 0.492 e. The van der Waals surface area contributed by atoms with E-state index in [-0.39, 0.29) is 0 Å². The lowest BCUT2D eigenvalue weighted by Crippen LogP contribution is -2.47. The van der Waals surface area contributed by atoms with Crippen LogP contribution in [0.25, 0.3) is 0 Å². The topological polar surface area (TPSA) is 24.9 Å². The zero-order valence-corrected chi connectivity index (χ0v) is 12.7. The Morgan fingerprint density at radius 3 is 2.45 bits per heavy atom. The van der Waals surface area contributed by atoms with E-state index in [2.05, 4.69) is 28.0 Å². The van der Waals surface area contributed by atoms with Gasteiger partial charge >= 0.3 is 0 Å². The average molecular weight is 278 g/mol. The van der Waals surface area contributed by atoms with Crippen molar-refractivity contribution in [3.63, 3.8) is 0 Å². The molecule has 0 unspecified atom stereocenters. The molecule has 1 fully saturated rings. The summed E-state index contributed by atoms with van der Waals surface area (Å²) in [5.41, 5.74) is 1.22. The summed E-state index contributed by atoms with van der Waals surface area (Å²) < 4.78 is 11.1. The molecule has 1 aromatic rings. The molecule has 0 bridgehead atoms. The summed E-state index contributed by atoms with van der Waals surface area (Å²) in [6.45, 7) is 11.8. The number of hydrogen-bond acceptors (Lipinski definition) is 4. The van der Waals surface area contributed by atoms with Crippen molar-refractivity contribution in [1.82, 2.24) is 4.90 Å². The lowest BCUT2D eigenvalue weighted by Gasteiger charge is -2.36. The molecule has 1 heterocycles. The van der Waals surface area contributed by atoms with E-state index in [1.807, 2.05) is 19.9 Å². The highest BCUT2D eigenvalue weighted by Crippen LogP contribution is 2.28. The van der Waals surface area contributed by atoms with Gasteiger partial charge in [0.15, 0.2) is 0 Å². The molecular formula is C16H26N2O2. The maximum Gasteiger partial charge on any atom is 0.142 e. The van der Waals surface area contributed by atoms with Crippen molar-refractivity contribution in [2.45, 2.75) is 13.8 Å². The molecule has 1 aliphatic rings. The molecule has 0 aromatic heterocycles. The van der Waals surface area contributed by atoms with E-state index >= 15 is 0 Å². The molecule has 0 N–H and O–H groups in total. The van der Waals surface area contributed by atoms with Crippen LogP contribution in [-0.4, -0.2) is 57.4 Å². The first-order valence-corrected chi connectivity index (χ1v) is 7.62. The second kappa shape index (κ2) is 8.12. The standard InChI is InChI=1S/C16H26N2O2/c1-3-19-14-13-17-9-11-18(12-10-17)15-7-5-6-8-16(15)20-4-2/h5-8H,3-4,9-14H2,1-2H3. The van der Waals surface area contributed by atoms with Crippen molar-refractivity contribution in [2.75, 3.05) is 57.4 Å². The predicted octanol–water partition coefficient (Wildman–Crippen LogP) is 2.24. The highest BCUT2D eigenvalue weighted by molar-refractivity contribution is 5.58. The third-order valence-electron chi connectivity index (χ3n) is 3.63. The number of nitrogens with zero attached hydrogens (tertiary/aromatic N) is 2. The molecule has 2 rings (SSSR count). The van der Waals surface area contributed by atoms with Crippen LogP contribution in [0.5, 0.6) is 5.75 Å². The van der Waals surface area contributed by atoms with E-state index in [0.717, 1.165) is 51.7 Å². The first-order chi connectivity index (χ1) is 9.85. The van der Waals surface area contributed by atoms with Crippen LogP contribution in [0.1, 0.15) is 13.8 Å². The van der Waals surface area contributed by atoms with Crippen molar-refractivity contribution >= 4 is 5.69 Å². The fourth-order valence-corrected chi connectivity index (χ4v) is 2.55. The normalized spacial score (nSPS) is 16.4.